The molecule has 0 bridgehead atoms. The van der Waals surface area contributed by atoms with Gasteiger partial charge >= 0.3 is 0 Å². The van der Waals surface area contributed by atoms with Crippen molar-refractivity contribution in [2.24, 2.45) is 0 Å². The van der Waals surface area contributed by atoms with E-state index >= 15 is 0 Å². The van der Waals surface area contributed by atoms with Gasteiger partial charge in [0, 0.05) is 24.0 Å². The average Bonchev–Trinajstić information content (AvgIpc) is 2.98. The lowest BCUT2D eigenvalue weighted by Gasteiger charge is -2.11. The Labute approximate surface area is 154 Å². The summed E-state index contributed by atoms with van der Waals surface area (Å²) in [4.78, 5) is 15.1. The molecule has 1 amide bonds. The lowest BCUT2D eigenvalue weighted by Crippen LogP contribution is -2.14. The van der Waals surface area contributed by atoms with Crippen molar-refractivity contribution in [3.8, 4) is 0 Å². The van der Waals surface area contributed by atoms with Crippen LogP contribution in [0.25, 0.3) is 11.0 Å². The fraction of sp³-hybridized carbons (Fsp3) is 0.318. The number of furan rings is 1. The van der Waals surface area contributed by atoms with E-state index in [2.05, 4.69) is 23.2 Å². The number of rotatable bonds is 7. The molecule has 0 aliphatic rings. The smallest absolute Gasteiger partial charge is 0.259 e. The normalized spacial score (nSPS) is 11.2. The summed E-state index contributed by atoms with van der Waals surface area (Å²) < 4.78 is 5.97. The van der Waals surface area contributed by atoms with Gasteiger partial charge in [0.05, 0.1) is 5.56 Å². The van der Waals surface area contributed by atoms with Gasteiger partial charge in [-0.05, 0) is 44.3 Å². The van der Waals surface area contributed by atoms with Crippen molar-refractivity contribution in [2.45, 2.75) is 32.7 Å². The van der Waals surface area contributed by atoms with Crippen molar-refractivity contribution in [1.82, 2.24) is 4.90 Å². The van der Waals surface area contributed by atoms with Gasteiger partial charge in [0.15, 0.2) is 0 Å². The molecule has 0 spiro atoms. The van der Waals surface area contributed by atoms with Crippen molar-refractivity contribution in [2.75, 3.05) is 19.4 Å². The summed E-state index contributed by atoms with van der Waals surface area (Å²) in [5.74, 6) is 0.665. The lowest BCUT2D eigenvalue weighted by atomic mass is 10.1. The molecule has 0 radical (unpaired) electrons. The molecule has 1 aromatic heterocycles. The Kier molecular flexibility index (Phi) is 5.74. The number of para-hydroxylation sites is 1. The molecule has 4 heteroatoms. The minimum absolute atomic E-state index is 0.108. The van der Waals surface area contributed by atoms with Crippen LogP contribution in [0.1, 0.15) is 41.4 Å². The third kappa shape index (κ3) is 4.14. The quantitative estimate of drug-likeness (QED) is 0.645. The van der Waals surface area contributed by atoms with Gasteiger partial charge in [-0.1, -0.05) is 43.7 Å². The summed E-state index contributed by atoms with van der Waals surface area (Å²) in [5.41, 5.74) is 3.40. The molecule has 0 saturated carbocycles. The molecule has 1 N–H and O–H groups in total. The van der Waals surface area contributed by atoms with E-state index < -0.39 is 0 Å². The summed E-state index contributed by atoms with van der Waals surface area (Å²) >= 11 is 0. The molecule has 2 aromatic carbocycles. The van der Waals surface area contributed by atoms with Crippen LogP contribution in [0.3, 0.4) is 0 Å². The Morgan fingerprint density at radius 3 is 2.69 bits per heavy atom. The highest BCUT2D eigenvalue weighted by atomic mass is 16.3. The van der Waals surface area contributed by atoms with Crippen molar-refractivity contribution >= 4 is 22.6 Å². The second-order valence-corrected chi connectivity index (χ2v) is 6.89. The summed E-state index contributed by atoms with van der Waals surface area (Å²) in [7, 11) is 4.06. The largest absolute Gasteiger partial charge is 0.460 e. The maximum Gasteiger partial charge on any atom is 0.259 e. The molecule has 1 heterocycles. The van der Waals surface area contributed by atoms with Crippen LogP contribution in [0.2, 0.25) is 0 Å². The zero-order valence-electron chi connectivity index (χ0n) is 15.7. The molecule has 26 heavy (non-hydrogen) atoms. The fourth-order valence-corrected chi connectivity index (χ4v) is 3.16. The first-order valence-electron chi connectivity index (χ1n) is 9.14. The summed E-state index contributed by atoms with van der Waals surface area (Å²) in [6.45, 7) is 2.97. The van der Waals surface area contributed by atoms with Crippen molar-refractivity contribution in [3.05, 3.63) is 65.4 Å². The Hall–Kier alpha value is -2.59. The second kappa shape index (κ2) is 8.19. The van der Waals surface area contributed by atoms with E-state index in [0.29, 0.717) is 5.56 Å². The first-order chi connectivity index (χ1) is 12.6. The maximum absolute atomic E-state index is 13.0. The van der Waals surface area contributed by atoms with E-state index in [-0.39, 0.29) is 5.91 Å². The van der Waals surface area contributed by atoms with Gasteiger partial charge in [-0.2, -0.15) is 0 Å². The molecule has 136 valence electrons. The number of fused-ring (bicyclic) bond motifs is 1. The highest BCUT2D eigenvalue weighted by molar-refractivity contribution is 6.13. The number of hydrogen-bond acceptors (Lipinski definition) is 3. The molecule has 0 saturated heterocycles. The van der Waals surface area contributed by atoms with Crippen molar-refractivity contribution in [3.63, 3.8) is 0 Å². The van der Waals surface area contributed by atoms with Crippen LogP contribution in [0.4, 0.5) is 5.69 Å². The molecule has 0 unspecified atom stereocenters. The Bertz CT molecular complexity index is 896. The predicted molar refractivity (Wildman–Crippen MR) is 107 cm³/mol. The van der Waals surface area contributed by atoms with E-state index in [1.165, 1.54) is 0 Å². The standard InChI is InChI=1S/C22H26N2O2/c1-4-5-12-20-21(18-11-6-7-13-19(18)26-20)22(25)23-17-10-8-9-16(14-17)15-24(2)3/h6-11,13-14H,4-5,12,15H2,1-3H3,(H,23,25). The van der Waals surface area contributed by atoms with Gasteiger partial charge in [-0.3, -0.25) is 4.79 Å². The van der Waals surface area contributed by atoms with Crippen LogP contribution in [-0.2, 0) is 13.0 Å². The molecule has 4 nitrogen and oxygen atoms in total. The van der Waals surface area contributed by atoms with E-state index in [0.717, 1.165) is 53.8 Å². The maximum atomic E-state index is 13.0. The number of amides is 1. The number of nitrogens with one attached hydrogen (secondary N) is 1. The third-order valence-corrected chi connectivity index (χ3v) is 4.34. The number of anilines is 1. The lowest BCUT2D eigenvalue weighted by molar-refractivity contribution is 0.102. The molecule has 0 aliphatic heterocycles. The highest BCUT2D eigenvalue weighted by Crippen LogP contribution is 2.28. The molecule has 3 aromatic rings. The van der Waals surface area contributed by atoms with Gasteiger partial charge < -0.3 is 14.6 Å². The highest BCUT2D eigenvalue weighted by Gasteiger charge is 2.20. The number of aryl methyl sites for hydroxylation is 1. The Balaban J connectivity index is 1.90. The SMILES string of the molecule is CCCCc1oc2ccccc2c1C(=O)Nc1cccc(CN(C)C)c1. The fourth-order valence-electron chi connectivity index (χ4n) is 3.16. The van der Waals surface area contributed by atoms with Crippen LogP contribution in [0, 0.1) is 0 Å². The first-order valence-corrected chi connectivity index (χ1v) is 9.14. The molecular formula is C22H26N2O2. The Morgan fingerprint density at radius 2 is 1.92 bits per heavy atom. The summed E-state index contributed by atoms with van der Waals surface area (Å²) in [6.07, 6.45) is 2.83. The number of unbranched alkanes of at least 4 members (excludes halogenated alkanes) is 1. The van der Waals surface area contributed by atoms with Crippen LogP contribution in [-0.4, -0.2) is 24.9 Å². The minimum atomic E-state index is -0.108. The van der Waals surface area contributed by atoms with E-state index in [1.807, 2.05) is 56.6 Å². The summed E-state index contributed by atoms with van der Waals surface area (Å²) in [5, 5.41) is 3.92. The second-order valence-electron chi connectivity index (χ2n) is 6.89. The Morgan fingerprint density at radius 1 is 1.12 bits per heavy atom. The zero-order chi connectivity index (χ0) is 18.5. The summed E-state index contributed by atoms with van der Waals surface area (Å²) in [6, 6.07) is 15.7. The van der Waals surface area contributed by atoms with Crippen molar-refractivity contribution in [1.29, 1.82) is 0 Å². The predicted octanol–water partition coefficient (Wildman–Crippen LogP) is 5.09. The van der Waals surface area contributed by atoms with E-state index in [1.54, 1.807) is 0 Å². The molecule has 3 rings (SSSR count). The molecular weight excluding hydrogens is 324 g/mol. The molecule has 0 fully saturated rings. The number of benzene rings is 2. The number of hydrogen-bond donors (Lipinski definition) is 1. The van der Waals surface area contributed by atoms with E-state index in [9.17, 15) is 4.79 Å². The van der Waals surface area contributed by atoms with E-state index in [4.69, 9.17) is 4.42 Å². The van der Waals surface area contributed by atoms with Crippen molar-refractivity contribution < 1.29 is 9.21 Å². The number of carbonyl (C=O) groups is 1. The van der Waals surface area contributed by atoms with Gasteiger partial charge in [-0.25, -0.2) is 0 Å². The first kappa shape index (κ1) is 18.2. The average molecular weight is 350 g/mol. The van der Waals surface area contributed by atoms with Crippen LogP contribution in [0.15, 0.2) is 52.9 Å². The van der Waals surface area contributed by atoms with Gasteiger partial charge in [0.2, 0.25) is 0 Å². The minimum Gasteiger partial charge on any atom is -0.460 e. The van der Waals surface area contributed by atoms with Crippen LogP contribution < -0.4 is 5.32 Å². The third-order valence-electron chi connectivity index (χ3n) is 4.34. The molecule has 0 aliphatic carbocycles. The van der Waals surface area contributed by atoms with Gasteiger partial charge in [0.1, 0.15) is 11.3 Å². The molecule has 0 atom stereocenters. The van der Waals surface area contributed by atoms with Crippen LogP contribution >= 0.6 is 0 Å². The zero-order valence-corrected chi connectivity index (χ0v) is 15.7. The number of carbonyl (C=O) groups excluding carboxylic acids is 1. The van der Waals surface area contributed by atoms with Gasteiger partial charge in [-0.15, -0.1) is 0 Å². The van der Waals surface area contributed by atoms with Gasteiger partial charge in [0.25, 0.3) is 5.91 Å². The monoisotopic (exact) mass is 350 g/mol. The topological polar surface area (TPSA) is 45.5 Å². The number of nitrogens with zero attached hydrogens (tertiary/aromatic N) is 1. The van der Waals surface area contributed by atoms with Crippen LogP contribution in [0.5, 0.6) is 0 Å².